The Morgan fingerprint density at radius 3 is 1.31 bits per heavy atom. The molecule has 0 radical (unpaired) electrons. The average molecular weight is 489 g/mol. The van der Waals surface area contributed by atoms with Gasteiger partial charge in [-0.3, -0.25) is 9.59 Å². The number of hydrogen-bond acceptors (Lipinski definition) is 6. The minimum atomic E-state index is -0.548. The predicted molar refractivity (Wildman–Crippen MR) is 136 cm³/mol. The van der Waals surface area contributed by atoms with Crippen LogP contribution in [-0.4, -0.2) is 23.8 Å². The number of anilines is 2. The summed E-state index contributed by atoms with van der Waals surface area (Å²) in [6.45, 7) is 6.43. The van der Waals surface area contributed by atoms with Crippen molar-refractivity contribution in [2.24, 2.45) is 0 Å². The molecule has 8 heteroatoms. The minimum Gasteiger partial charge on any atom is -0.457 e. The first-order chi connectivity index (χ1) is 17.2. The summed E-state index contributed by atoms with van der Waals surface area (Å²) in [5.74, 6) is -1.64. The average Bonchev–Trinajstić information content (AvgIpc) is 2.83. The summed E-state index contributed by atoms with van der Waals surface area (Å²) in [5.41, 5.74) is 4.44. The van der Waals surface area contributed by atoms with E-state index in [-0.39, 0.29) is 36.2 Å². The normalized spacial score (nSPS) is 10.3. The molecule has 0 fully saturated rings. The maximum Gasteiger partial charge on any atom is 0.340 e. The highest BCUT2D eigenvalue weighted by Crippen LogP contribution is 2.23. The summed E-state index contributed by atoms with van der Waals surface area (Å²) in [7, 11) is 0. The molecule has 3 aromatic carbocycles. The lowest BCUT2D eigenvalue weighted by Gasteiger charge is -2.13. The lowest BCUT2D eigenvalue weighted by Crippen LogP contribution is -2.14. The van der Waals surface area contributed by atoms with E-state index in [4.69, 9.17) is 9.47 Å². The van der Waals surface area contributed by atoms with Gasteiger partial charge in [0.05, 0.1) is 22.5 Å². The number of rotatable bonds is 8. The van der Waals surface area contributed by atoms with Crippen molar-refractivity contribution in [3.05, 3.63) is 94.0 Å². The molecule has 0 aliphatic heterocycles. The highest BCUT2D eigenvalue weighted by atomic mass is 16.5. The van der Waals surface area contributed by atoms with Crippen molar-refractivity contribution < 1.29 is 28.7 Å². The molecule has 0 saturated heterocycles. The van der Waals surface area contributed by atoms with E-state index in [1.807, 2.05) is 0 Å². The number of benzene rings is 3. The second-order valence-electron chi connectivity index (χ2n) is 8.33. The van der Waals surface area contributed by atoms with Crippen molar-refractivity contribution in [1.29, 1.82) is 0 Å². The first-order valence-electron chi connectivity index (χ1n) is 11.3. The summed E-state index contributed by atoms with van der Waals surface area (Å²) in [5, 5.41) is 5.35. The first kappa shape index (κ1) is 26.2. The van der Waals surface area contributed by atoms with Crippen molar-refractivity contribution in [2.75, 3.05) is 10.6 Å². The van der Waals surface area contributed by atoms with Crippen LogP contribution in [0.3, 0.4) is 0 Å². The van der Waals surface area contributed by atoms with Gasteiger partial charge in [0.1, 0.15) is 13.2 Å². The summed E-state index contributed by atoms with van der Waals surface area (Å²) in [6, 6.07) is 17.3. The number of hydrogen-bond donors (Lipinski definition) is 2. The summed E-state index contributed by atoms with van der Waals surface area (Å²) in [4.78, 5) is 48.2. The molecule has 0 saturated carbocycles. The Labute approximate surface area is 209 Å². The molecule has 3 aromatic rings. The Balaban J connectivity index is 1.59. The molecule has 0 atom stereocenters. The summed E-state index contributed by atoms with van der Waals surface area (Å²) < 4.78 is 10.9. The molecule has 0 heterocycles. The van der Waals surface area contributed by atoms with Crippen molar-refractivity contribution in [2.45, 2.75) is 40.9 Å². The maximum atomic E-state index is 12.6. The van der Waals surface area contributed by atoms with Gasteiger partial charge in [-0.25, -0.2) is 9.59 Å². The fourth-order valence-corrected chi connectivity index (χ4v) is 3.54. The van der Waals surface area contributed by atoms with E-state index in [2.05, 4.69) is 10.6 Å². The van der Waals surface area contributed by atoms with Gasteiger partial charge in [-0.15, -0.1) is 0 Å². The number of para-hydroxylation sites is 2. The number of nitrogens with one attached hydrogen (secondary N) is 2. The molecule has 0 unspecified atom stereocenters. The van der Waals surface area contributed by atoms with Gasteiger partial charge in [-0.1, -0.05) is 48.5 Å². The highest BCUT2D eigenvalue weighted by molar-refractivity contribution is 6.02. The van der Waals surface area contributed by atoms with E-state index in [1.54, 1.807) is 74.5 Å². The Morgan fingerprint density at radius 1 is 0.611 bits per heavy atom. The molecule has 186 valence electrons. The van der Waals surface area contributed by atoms with E-state index < -0.39 is 11.9 Å². The zero-order chi connectivity index (χ0) is 26.2. The summed E-state index contributed by atoms with van der Waals surface area (Å²) in [6.07, 6.45) is 0. The molecule has 3 rings (SSSR count). The van der Waals surface area contributed by atoms with E-state index in [9.17, 15) is 19.2 Å². The van der Waals surface area contributed by atoms with Crippen LogP contribution in [0, 0.1) is 13.8 Å². The molecule has 2 amide bonds. The first-order valence-corrected chi connectivity index (χ1v) is 11.3. The molecule has 0 spiro atoms. The van der Waals surface area contributed by atoms with Crippen LogP contribution in [0.15, 0.2) is 60.7 Å². The molecule has 36 heavy (non-hydrogen) atoms. The number of esters is 2. The maximum absolute atomic E-state index is 12.6. The minimum absolute atomic E-state index is 0.0374. The molecule has 0 aliphatic rings. The lowest BCUT2D eigenvalue weighted by atomic mass is 10.1. The van der Waals surface area contributed by atoms with Crippen LogP contribution in [0.5, 0.6) is 0 Å². The van der Waals surface area contributed by atoms with Crippen molar-refractivity contribution in [3.63, 3.8) is 0 Å². The second-order valence-corrected chi connectivity index (χ2v) is 8.33. The molecular formula is C28H28N2O6. The van der Waals surface area contributed by atoms with Crippen LogP contribution >= 0.6 is 0 Å². The smallest absolute Gasteiger partial charge is 0.340 e. The Bertz CT molecular complexity index is 1200. The predicted octanol–water partition coefficient (Wildman–Crippen LogP) is 4.93. The Hall–Kier alpha value is -4.46. The van der Waals surface area contributed by atoms with Crippen LogP contribution < -0.4 is 10.6 Å². The third-order valence-electron chi connectivity index (χ3n) is 5.35. The second kappa shape index (κ2) is 11.8. The van der Waals surface area contributed by atoms with Gasteiger partial charge in [0, 0.05) is 13.8 Å². The van der Waals surface area contributed by atoms with E-state index in [0.717, 1.165) is 22.3 Å². The van der Waals surface area contributed by atoms with Crippen LogP contribution in [0.25, 0.3) is 0 Å². The van der Waals surface area contributed by atoms with Gasteiger partial charge in [0.25, 0.3) is 0 Å². The topological polar surface area (TPSA) is 111 Å². The van der Waals surface area contributed by atoms with Crippen molar-refractivity contribution >= 4 is 35.1 Å². The van der Waals surface area contributed by atoms with Crippen molar-refractivity contribution in [3.8, 4) is 0 Å². The third-order valence-corrected chi connectivity index (χ3v) is 5.35. The van der Waals surface area contributed by atoms with Gasteiger partial charge < -0.3 is 20.1 Å². The van der Waals surface area contributed by atoms with Gasteiger partial charge in [-0.05, 0) is 48.2 Å². The molecule has 0 aliphatic carbocycles. The van der Waals surface area contributed by atoms with Gasteiger partial charge in [0.2, 0.25) is 11.8 Å². The largest absolute Gasteiger partial charge is 0.457 e. The summed E-state index contributed by atoms with van der Waals surface area (Å²) >= 11 is 0. The SMILES string of the molecule is CC(=O)Nc1c(C)cccc1C(=O)OCc1ccc(COC(=O)c2cccc(C)c2NC(C)=O)cc1. The molecule has 2 N–H and O–H groups in total. The van der Waals surface area contributed by atoms with E-state index in [0.29, 0.717) is 11.4 Å². The fourth-order valence-electron chi connectivity index (χ4n) is 3.54. The number of amides is 2. The number of carbonyl (C=O) groups is 4. The zero-order valence-corrected chi connectivity index (χ0v) is 20.6. The highest BCUT2D eigenvalue weighted by Gasteiger charge is 2.17. The van der Waals surface area contributed by atoms with Crippen LogP contribution in [-0.2, 0) is 32.3 Å². The van der Waals surface area contributed by atoms with Crippen LogP contribution in [0.2, 0.25) is 0 Å². The number of ether oxygens (including phenoxy) is 2. The van der Waals surface area contributed by atoms with Crippen molar-refractivity contribution in [1.82, 2.24) is 0 Å². The lowest BCUT2D eigenvalue weighted by molar-refractivity contribution is -0.115. The van der Waals surface area contributed by atoms with Gasteiger partial charge >= 0.3 is 11.9 Å². The molecule has 0 bridgehead atoms. The Morgan fingerprint density at radius 2 is 0.972 bits per heavy atom. The molecular weight excluding hydrogens is 460 g/mol. The van der Waals surface area contributed by atoms with Gasteiger partial charge in [0.15, 0.2) is 0 Å². The third kappa shape index (κ3) is 6.79. The quantitative estimate of drug-likeness (QED) is 0.435. The Kier molecular flexibility index (Phi) is 8.57. The van der Waals surface area contributed by atoms with Gasteiger partial charge in [-0.2, -0.15) is 0 Å². The fraction of sp³-hybridized carbons (Fsp3) is 0.214. The zero-order valence-electron chi connectivity index (χ0n) is 20.6. The monoisotopic (exact) mass is 488 g/mol. The van der Waals surface area contributed by atoms with Crippen LogP contribution in [0.4, 0.5) is 11.4 Å². The number of carbonyl (C=O) groups excluding carboxylic acids is 4. The molecule has 8 nitrogen and oxygen atoms in total. The van der Waals surface area contributed by atoms with E-state index in [1.165, 1.54) is 13.8 Å². The molecule has 0 aromatic heterocycles. The standard InChI is InChI=1S/C28H28N2O6/c1-17-7-5-9-23(25(17)29-19(3)31)27(33)35-15-21-11-13-22(14-12-21)16-36-28(34)24-10-6-8-18(2)26(24)30-20(4)32/h5-14H,15-16H2,1-4H3,(H,29,31)(H,30,32). The van der Waals surface area contributed by atoms with Crippen LogP contribution in [0.1, 0.15) is 56.8 Å². The van der Waals surface area contributed by atoms with E-state index >= 15 is 0 Å². The number of aryl methyl sites for hydroxylation is 2.